The zero-order valence-corrected chi connectivity index (χ0v) is 8.85. The Bertz CT molecular complexity index is 368. The lowest BCUT2D eigenvalue weighted by Crippen LogP contribution is -2.03. The summed E-state index contributed by atoms with van der Waals surface area (Å²) in [7, 11) is 0. The molecule has 0 bridgehead atoms. The molecule has 0 aliphatic heterocycles. The second-order valence-corrected chi connectivity index (χ2v) is 3.43. The molecule has 0 radical (unpaired) electrons. The first-order valence-corrected chi connectivity index (χ1v) is 5.03. The highest BCUT2D eigenvalue weighted by atomic mass is 16.6. The van der Waals surface area contributed by atoms with Crippen LogP contribution in [0.15, 0.2) is 18.2 Å². The number of hydrogen-bond donors (Lipinski definition) is 3. The van der Waals surface area contributed by atoms with Gasteiger partial charge >= 0.3 is 0 Å². The molecule has 0 atom stereocenters. The first-order valence-electron chi connectivity index (χ1n) is 5.03. The number of aliphatic hydroxyl groups is 1. The summed E-state index contributed by atoms with van der Waals surface area (Å²) in [5.74, 6) is 0. The van der Waals surface area contributed by atoms with E-state index in [1.165, 1.54) is 12.1 Å². The number of nitrogens with zero attached hydrogens (tertiary/aromatic N) is 1. The highest BCUT2D eigenvalue weighted by Gasteiger charge is 2.07. The van der Waals surface area contributed by atoms with Gasteiger partial charge in [-0.1, -0.05) is 0 Å². The third kappa shape index (κ3) is 3.74. The maximum absolute atomic E-state index is 10.6. The minimum Gasteiger partial charge on any atom is -0.398 e. The van der Waals surface area contributed by atoms with E-state index in [1.54, 1.807) is 6.07 Å². The standard InChI is InChI=1S/C10H15N3O3/c11-8-5-9(12-3-1-2-4-14)7-10(6-8)13(15)16/h5-7,12,14H,1-4,11H2. The Balaban J connectivity index is 2.62. The quantitative estimate of drug-likeness (QED) is 0.293. The highest BCUT2D eigenvalue weighted by molar-refractivity contribution is 5.61. The van der Waals surface area contributed by atoms with E-state index in [-0.39, 0.29) is 12.3 Å². The van der Waals surface area contributed by atoms with E-state index < -0.39 is 4.92 Å². The Morgan fingerprint density at radius 2 is 2.12 bits per heavy atom. The lowest BCUT2D eigenvalue weighted by atomic mass is 10.2. The van der Waals surface area contributed by atoms with Gasteiger partial charge in [0.25, 0.3) is 5.69 Å². The molecule has 0 saturated heterocycles. The summed E-state index contributed by atoms with van der Waals surface area (Å²) in [5, 5.41) is 22.2. The molecule has 0 aliphatic rings. The molecule has 1 rings (SSSR count). The molecule has 0 aliphatic carbocycles. The maximum Gasteiger partial charge on any atom is 0.273 e. The normalized spacial score (nSPS) is 10.1. The summed E-state index contributed by atoms with van der Waals surface area (Å²) < 4.78 is 0. The second kappa shape index (κ2) is 5.92. The zero-order valence-electron chi connectivity index (χ0n) is 8.85. The number of rotatable bonds is 6. The summed E-state index contributed by atoms with van der Waals surface area (Å²) in [6.07, 6.45) is 1.51. The molecule has 6 heteroatoms. The fraction of sp³-hybridized carbons (Fsp3) is 0.400. The van der Waals surface area contributed by atoms with Crippen LogP contribution in [-0.2, 0) is 0 Å². The molecule has 0 heterocycles. The van der Waals surface area contributed by atoms with E-state index in [2.05, 4.69) is 5.32 Å². The van der Waals surface area contributed by atoms with E-state index in [9.17, 15) is 10.1 Å². The van der Waals surface area contributed by atoms with Gasteiger partial charge in [0.2, 0.25) is 0 Å². The van der Waals surface area contributed by atoms with Crippen molar-refractivity contribution in [3.05, 3.63) is 28.3 Å². The Labute approximate surface area is 93.2 Å². The number of nitro groups is 1. The second-order valence-electron chi connectivity index (χ2n) is 3.43. The van der Waals surface area contributed by atoms with Crippen molar-refractivity contribution in [1.82, 2.24) is 0 Å². The molecular formula is C10H15N3O3. The number of hydrogen-bond acceptors (Lipinski definition) is 5. The van der Waals surface area contributed by atoms with Gasteiger partial charge in [-0.15, -0.1) is 0 Å². The number of nitrogens with two attached hydrogens (primary N) is 1. The fourth-order valence-electron chi connectivity index (χ4n) is 1.31. The Hall–Kier alpha value is -1.82. The van der Waals surface area contributed by atoms with Gasteiger partial charge in [-0.05, 0) is 18.9 Å². The summed E-state index contributed by atoms with van der Waals surface area (Å²) in [6.45, 7) is 0.805. The average Bonchev–Trinajstić information content (AvgIpc) is 2.23. The lowest BCUT2D eigenvalue weighted by molar-refractivity contribution is -0.384. The zero-order chi connectivity index (χ0) is 12.0. The number of unbranched alkanes of at least 4 members (excludes halogenated alkanes) is 1. The van der Waals surface area contributed by atoms with Crippen LogP contribution in [0.2, 0.25) is 0 Å². The van der Waals surface area contributed by atoms with Gasteiger partial charge in [-0.2, -0.15) is 0 Å². The molecule has 0 spiro atoms. The molecule has 0 fully saturated rings. The predicted octanol–water partition coefficient (Wildman–Crippen LogP) is 1.36. The largest absolute Gasteiger partial charge is 0.398 e. The number of benzene rings is 1. The first-order chi connectivity index (χ1) is 7.63. The number of nitrogens with one attached hydrogen (secondary N) is 1. The first kappa shape index (κ1) is 12.3. The van der Waals surface area contributed by atoms with Gasteiger partial charge in [-0.3, -0.25) is 10.1 Å². The highest BCUT2D eigenvalue weighted by Crippen LogP contribution is 2.22. The van der Waals surface area contributed by atoms with Crippen LogP contribution in [0.4, 0.5) is 17.1 Å². The number of anilines is 2. The van der Waals surface area contributed by atoms with Crippen LogP contribution < -0.4 is 11.1 Å². The molecule has 4 N–H and O–H groups in total. The number of nitrogen functional groups attached to an aromatic ring is 1. The van der Waals surface area contributed by atoms with Gasteiger partial charge in [0.1, 0.15) is 0 Å². The van der Waals surface area contributed by atoms with Crippen LogP contribution in [0.25, 0.3) is 0 Å². The topological polar surface area (TPSA) is 101 Å². The van der Waals surface area contributed by atoms with Crippen molar-refractivity contribution in [3.8, 4) is 0 Å². The molecule has 88 valence electrons. The van der Waals surface area contributed by atoms with Crippen LogP contribution in [0.3, 0.4) is 0 Å². The van der Waals surface area contributed by atoms with Crippen LogP contribution in [-0.4, -0.2) is 23.2 Å². The van der Waals surface area contributed by atoms with Crippen molar-refractivity contribution < 1.29 is 10.0 Å². The number of non-ortho nitro benzene ring substituents is 1. The monoisotopic (exact) mass is 225 g/mol. The van der Waals surface area contributed by atoms with Gasteiger partial charge in [0.05, 0.1) is 4.92 Å². The van der Waals surface area contributed by atoms with Crippen molar-refractivity contribution in [2.45, 2.75) is 12.8 Å². The molecule has 6 nitrogen and oxygen atoms in total. The molecule has 1 aromatic rings. The summed E-state index contributed by atoms with van der Waals surface area (Å²) in [5.41, 5.74) is 6.51. The third-order valence-electron chi connectivity index (χ3n) is 2.06. The maximum atomic E-state index is 10.6. The molecule has 0 amide bonds. The van der Waals surface area contributed by atoms with E-state index in [0.29, 0.717) is 24.3 Å². The van der Waals surface area contributed by atoms with Crippen molar-refractivity contribution in [2.24, 2.45) is 0 Å². The fourth-order valence-corrected chi connectivity index (χ4v) is 1.31. The van der Waals surface area contributed by atoms with Crippen molar-refractivity contribution >= 4 is 17.1 Å². The molecule has 0 aromatic heterocycles. The van der Waals surface area contributed by atoms with E-state index in [0.717, 1.165) is 6.42 Å². The van der Waals surface area contributed by atoms with E-state index in [4.69, 9.17) is 10.8 Å². The third-order valence-corrected chi connectivity index (χ3v) is 2.06. The van der Waals surface area contributed by atoms with Crippen molar-refractivity contribution in [3.63, 3.8) is 0 Å². The van der Waals surface area contributed by atoms with Gasteiger partial charge < -0.3 is 16.2 Å². The Kier molecular flexibility index (Phi) is 4.53. The number of nitro benzene ring substituents is 1. The van der Waals surface area contributed by atoms with E-state index in [1.807, 2.05) is 0 Å². The van der Waals surface area contributed by atoms with Crippen LogP contribution >= 0.6 is 0 Å². The number of aliphatic hydroxyl groups excluding tert-OH is 1. The average molecular weight is 225 g/mol. The minimum absolute atomic E-state index is 0.0235. The van der Waals surface area contributed by atoms with E-state index >= 15 is 0 Å². The predicted molar refractivity (Wildman–Crippen MR) is 62.3 cm³/mol. The smallest absolute Gasteiger partial charge is 0.273 e. The SMILES string of the molecule is Nc1cc(NCCCCO)cc([N+](=O)[O-])c1. The molecule has 0 unspecified atom stereocenters. The van der Waals surface area contributed by atoms with Crippen LogP contribution in [0, 0.1) is 10.1 Å². The Morgan fingerprint density at radius 1 is 1.38 bits per heavy atom. The van der Waals surface area contributed by atoms with Gasteiger partial charge in [0, 0.05) is 36.7 Å². The summed E-state index contributed by atoms with van der Waals surface area (Å²) >= 11 is 0. The molecular weight excluding hydrogens is 210 g/mol. The summed E-state index contributed by atoms with van der Waals surface area (Å²) in [6, 6.07) is 4.40. The van der Waals surface area contributed by atoms with Crippen LogP contribution in [0.1, 0.15) is 12.8 Å². The molecule has 16 heavy (non-hydrogen) atoms. The summed E-state index contributed by atoms with van der Waals surface area (Å²) in [4.78, 5) is 10.1. The van der Waals surface area contributed by atoms with Gasteiger partial charge in [0.15, 0.2) is 0 Å². The Morgan fingerprint density at radius 3 is 2.75 bits per heavy atom. The minimum atomic E-state index is -0.477. The molecule has 0 saturated carbocycles. The van der Waals surface area contributed by atoms with Crippen molar-refractivity contribution in [2.75, 3.05) is 24.2 Å². The lowest BCUT2D eigenvalue weighted by Gasteiger charge is -2.06. The molecule has 1 aromatic carbocycles. The van der Waals surface area contributed by atoms with Crippen LogP contribution in [0.5, 0.6) is 0 Å². The van der Waals surface area contributed by atoms with Gasteiger partial charge in [-0.25, -0.2) is 0 Å². The van der Waals surface area contributed by atoms with Crippen molar-refractivity contribution in [1.29, 1.82) is 0 Å².